The molecule has 1 N–H and O–H groups in total. The summed E-state index contributed by atoms with van der Waals surface area (Å²) in [7, 11) is 7.19. The predicted molar refractivity (Wildman–Crippen MR) is 138 cm³/mol. The second-order valence-corrected chi connectivity index (χ2v) is 8.22. The van der Waals surface area contributed by atoms with Crippen LogP contribution in [0.5, 0.6) is 0 Å². The van der Waals surface area contributed by atoms with Crippen molar-refractivity contribution in [1.82, 2.24) is 19.8 Å². The highest BCUT2D eigenvalue weighted by atomic mass is 19.1. The first-order valence-electron chi connectivity index (χ1n) is 11.2. The van der Waals surface area contributed by atoms with E-state index in [1.165, 1.54) is 6.07 Å². The van der Waals surface area contributed by atoms with Crippen LogP contribution in [0.2, 0.25) is 0 Å². The van der Waals surface area contributed by atoms with Gasteiger partial charge in [0.1, 0.15) is 11.5 Å². The van der Waals surface area contributed by atoms with Crippen LogP contribution in [0.1, 0.15) is 36.7 Å². The number of aromatic amines is 1. The van der Waals surface area contributed by atoms with Crippen molar-refractivity contribution in [3.8, 4) is 11.1 Å². The van der Waals surface area contributed by atoms with Crippen LogP contribution in [-0.2, 0) is 4.74 Å². The maximum absolute atomic E-state index is 14.4. The molecule has 3 rings (SSSR count). The highest BCUT2D eigenvalue weighted by Gasteiger charge is 2.18. The summed E-state index contributed by atoms with van der Waals surface area (Å²) in [6, 6.07) is 6.67. The van der Waals surface area contributed by atoms with Crippen molar-refractivity contribution in [3.05, 3.63) is 72.0 Å². The van der Waals surface area contributed by atoms with E-state index < -0.39 is 5.82 Å². The zero-order chi connectivity index (χ0) is 25.3. The van der Waals surface area contributed by atoms with Gasteiger partial charge in [-0.3, -0.25) is 4.79 Å². The third-order valence-corrected chi connectivity index (χ3v) is 5.42. The average Bonchev–Trinajstić information content (AvgIpc) is 3.26. The van der Waals surface area contributed by atoms with Gasteiger partial charge in [0.2, 0.25) is 0 Å². The van der Waals surface area contributed by atoms with Crippen LogP contribution in [-0.4, -0.2) is 67.0 Å². The van der Waals surface area contributed by atoms with Gasteiger partial charge >= 0.3 is 0 Å². The molecule has 0 radical (unpaired) electrons. The standard InChI is InChI=1S/C23H27FN4O.C4H8O/c1-6-15(2)20-14-26-22-18(20)12-17(13-25-22)16-7-8-21(24)19(11-16)23(29)28(5)10-9-27(3)4;1-3-4-5-2/h6-8,11-14H,9-10H2,1-5H3,(H,25,26);3-4H,1-2H3/b15-6+;4-3+. The van der Waals surface area contributed by atoms with Gasteiger partial charge in [-0.1, -0.05) is 18.2 Å². The molecule has 0 bridgehead atoms. The Hall–Kier alpha value is -3.45. The number of benzene rings is 1. The molecule has 34 heavy (non-hydrogen) atoms. The molecular formula is C27H35FN4O2. The lowest BCUT2D eigenvalue weighted by molar-refractivity contribution is 0.0781. The smallest absolute Gasteiger partial charge is 0.256 e. The molecule has 0 fully saturated rings. The third kappa shape index (κ3) is 6.78. The number of methoxy groups -OCH3 is 1. The number of halogens is 1. The van der Waals surface area contributed by atoms with Gasteiger partial charge in [0.15, 0.2) is 0 Å². The van der Waals surface area contributed by atoms with Gasteiger partial charge < -0.3 is 19.5 Å². The van der Waals surface area contributed by atoms with Crippen molar-refractivity contribution >= 4 is 22.5 Å². The highest BCUT2D eigenvalue weighted by molar-refractivity contribution is 5.96. The van der Waals surface area contributed by atoms with Gasteiger partial charge in [0, 0.05) is 49.0 Å². The largest absolute Gasteiger partial charge is 0.505 e. The fourth-order valence-corrected chi connectivity index (χ4v) is 3.30. The van der Waals surface area contributed by atoms with Crippen LogP contribution in [0.25, 0.3) is 27.7 Å². The Bertz CT molecular complexity index is 1160. The zero-order valence-corrected chi connectivity index (χ0v) is 21.1. The van der Waals surface area contributed by atoms with Crippen molar-refractivity contribution < 1.29 is 13.9 Å². The normalized spacial score (nSPS) is 11.6. The first-order chi connectivity index (χ1) is 16.2. The number of hydrogen-bond acceptors (Lipinski definition) is 4. The van der Waals surface area contributed by atoms with E-state index in [1.54, 1.807) is 43.6 Å². The second kappa shape index (κ2) is 12.7. The lowest BCUT2D eigenvalue weighted by atomic mass is 10.0. The summed E-state index contributed by atoms with van der Waals surface area (Å²) in [5.41, 5.74) is 4.70. The monoisotopic (exact) mass is 466 g/mol. The summed E-state index contributed by atoms with van der Waals surface area (Å²) in [4.78, 5) is 24.0. The first-order valence-corrected chi connectivity index (χ1v) is 11.2. The molecule has 6 nitrogen and oxygen atoms in total. The van der Waals surface area contributed by atoms with Crippen LogP contribution in [0.3, 0.4) is 0 Å². The van der Waals surface area contributed by atoms with Gasteiger partial charge in [-0.15, -0.1) is 0 Å². The van der Waals surface area contributed by atoms with Gasteiger partial charge in [-0.2, -0.15) is 0 Å². The van der Waals surface area contributed by atoms with E-state index in [0.29, 0.717) is 13.1 Å². The molecular weight excluding hydrogens is 431 g/mol. The minimum absolute atomic E-state index is 0.0720. The number of pyridine rings is 1. The lowest BCUT2D eigenvalue weighted by Gasteiger charge is -2.20. The number of amides is 1. The molecule has 2 aromatic heterocycles. The van der Waals surface area contributed by atoms with E-state index in [-0.39, 0.29) is 11.5 Å². The molecule has 7 heteroatoms. The Labute approximate surface area is 201 Å². The predicted octanol–water partition coefficient (Wildman–Crippen LogP) is 5.59. The zero-order valence-electron chi connectivity index (χ0n) is 21.1. The summed E-state index contributed by atoms with van der Waals surface area (Å²) in [5.74, 6) is -0.844. The van der Waals surface area contributed by atoms with Crippen LogP contribution in [0.15, 0.2) is 55.1 Å². The van der Waals surface area contributed by atoms with E-state index in [9.17, 15) is 9.18 Å². The van der Waals surface area contributed by atoms with Crippen molar-refractivity contribution in [2.75, 3.05) is 41.3 Å². The van der Waals surface area contributed by atoms with Gasteiger partial charge in [-0.25, -0.2) is 9.37 Å². The molecule has 0 aliphatic carbocycles. The Kier molecular flexibility index (Phi) is 10.0. The molecule has 0 unspecified atom stereocenters. The van der Waals surface area contributed by atoms with E-state index in [0.717, 1.165) is 33.3 Å². The number of hydrogen-bond donors (Lipinski definition) is 1. The van der Waals surface area contributed by atoms with Gasteiger partial charge in [-0.05, 0) is 64.2 Å². The summed E-state index contributed by atoms with van der Waals surface area (Å²) >= 11 is 0. The molecule has 2 heterocycles. The summed E-state index contributed by atoms with van der Waals surface area (Å²) < 4.78 is 18.9. The maximum atomic E-state index is 14.4. The van der Waals surface area contributed by atoms with Crippen molar-refractivity contribution in [3.63, 3.8) is 0 Å². The molecule has 0 saturated carbocycles. The topological polar surface area (TPSA) is 61.5 Å². The summed E-state index contributed by atoms with van der Waals surface area (Å²) in [5, 5.41) is 0.999. The number of H-pyrrole nitrogens is 1. The number of rotatable bonds is 7. The van der Waals surface area contributed by atoms with Crippen molar-refractivity contribution in [2.45, 2.75) is 20.8 Å². The second-order valence-electron chi connectivity index (χ2n) is 8.22. The molecule has 0 saturated heterocycles. The Morgan fingerprint density at radius 1 is 1.12 bits per heavy atom. The van der Waals surface area contributed by atoms with Crippen LogP contribution in [0, 0.1) is 5.82 Å². The van der Waals surface area contributed by atoms with Crippen LogP contribution < -0.4 is 0 Å². The SMILES string of the molecule is C/C=C(\C)c1c[nH]c2ncc(-c3ccc(F)c(C(=O)N(C)CCN(C)C)c3)cc12.C/C=C/OC. The quantitative estimate of drug-likeness (QED) is 0.461. The number of carbonyl (C=O) groups is 1. The number of likely N-dealkylation sites (N-methyl/N-ethyl adjacent to an activating group) is 2. The van der Waals surface area contributed by atoms with Crippen molar-refractivity contribution in [1.29, 1.82) is 0 Å². The van der Waals surface area contributed by atoms with E-state index in [1.807, 2.05) is 64.2 Å². The molecule has 0 aliphatic rings. The number of allylic oxidation sites excluding steroid dienone is 3. The molecule has 0 spiro atoms. The van der Waals surface area contributed by atoms with Gasteiger partial charge in [0.25, 0.3) is 5.91 Å². The molecule has 182 valence electrons. The Morgan fingerprint density at radius 2 is 1.85 bits per heavy atom. The first kappa shape index (κ1) is 26.8. The summed E-state index contributed by atoms with van der Waals surface area (Å²) in [6.45, 7) is 7.19. The third-order valence-electron chi connectivity index (χ3n) is 5.42. The van der Waals surface area contributed by atoms with E-state index >= 15 is 0 Å². The Balaban J connectivity index is 0.000000739. The summed E-state index contributed by atoms with van der Waals surface area (Å²) in [6.07, 6.45) is 9.19. The number of carbonyl (C=O) groups excluding carboxylic acids is 1. The molecule has 3 aromatic rings. The lowest BCUT2D eigenvalue weighted by Crippen LogP contribution is -2.33. The fraction of sp³-hybridized carbons (Fsp3) is 0.333. The number of ether oxygens (including phenoxy) is 1. The maximum Gasteiger partial charge on any atom is 0.256 e. The Morgan fingerprint density at radius 3 is 2.44 bits per heavy atom. The molecule has 0 atom stereocenters. The van der Waals surface area contributed by atoms with E-state index in [2.05, 4.69) is 14.7 Å². The van der Waals surface area contributed by atoms with Crippen LogP contribution >= 0.6 is 0 Å². The minimum Gasteiger partial charge on any atom is -0.505 e. The number of nitrogens with one attached hydrogen (secondary N) is 1. The minimum atomic E-state index is -0.517. The number of aromatic nitrogens is 2. The van der Waals surface area contributed by atoms with Gasteiger partial charge in [0.05, 0.1) is 18.9 Å². The fourth-order valence-electron chi connectivity index (χ4n) is 3.30. The number of fused-ring (bicyclic) bond motifs is 1. The van der Waals surface area contributed by atoms with E-state index in [4.69, 9.17) is 0 Å². The molecule has 1 amide bonds. The average molecular weight is 467 g/mol. The molecule has 1 aromatic carbocycles. The van der Waals surface area contributed by atoms with Crippen LogP contribution in [0.4, 0.5) is 4.39 Å². The number of nitrogens with zero attached hydrogens (tertiary/aromatic N) is 3. The highest BCUT2D eigenvalue weighted by Crippen LogP contribution is 2.29. The molecule has 0 aliphatic heterocycles. The van der Waals surface area contributed by atoms with Crippen molar-refractivity contribution in [2.24, 2.45) is 0 Å².